The van der Waals surface area contributed by atoms with E-state index >= 15 is 0 Å². The molecule has 1 aliphatic heterocycles. The molecule has 0 atom stereocenters. The third kappa shape index (κ3) is 2.59. The van der Waals surface area contributed by atoms with E-state index in [1.165, 1.54) is 11.8 Å². The minimum absolute atomic E-state index is 0.180. The van der Waals surface area contributed by atoms with Crippen molar-refractivity contribution in [3.05, 3.63) is 10.5 Å². The molecule has 3 nitrogen and oxygen atoms in total. The molecule has 1 rings (SSSR count). The maximum absolute atomic E-state index is 11.3. The van der Waals surface area contributed by atoms with Gasteiger partial charge in [-0.25, -0.2) is 0 Å². The summed E-state index contributed by atoms with van der Waals surface area (Å²) < 4.78 is 0. The zero-order chi connectivity index (χ0) is 10.0. The fourth-order valence-electron chi connectivity index (χ4n) is 1.30. The maximum atomic E-state index is 11.3. The second kappa shape index (κ2) is 3.96. The van der Waals surface area contributed by atoms with E-state index < -0.39 is 0 Å². The highest BCUT2D eigenvalue weighted by molar-refractivity contribution is 8.18. The molecule has 0 spiro atoms. The topological polar surface area (TPSA) is 55.4 Å². The molecule has 1 aliphatic rings. The van der Waals surface area contributed by atoms with Gasteiger partial charge in [-0.15, -0.1) is 0 Å². The van der Waals surface area contributed by atoms with Gasteiger partial charge in [0.05, 0.1) is 4.91 Å². The summed E-state index contributed by atoms with van der Waals surface area (Å²) in [5, 5.41) is 0.364. The molecule has 0 aromatic carbocycles. The minimum atomic E-state index is -0.180. The minimum Gasteiger partial charge on any atom is -0.378 e. The molecule has 2 N–H and O–H groups in total. The molecule has 0 saturated carbocycles. The van der Waals surface area contributed by atoms with Crippen molar-refractivity contribution < 1.29 is 4.79 Å². The Morgan fingerprint density at radius 3 is 2.62 bits per heavy atom. The molecule has 0 aromatic rings. The van der Waals surface area contributed by atoms with E-state index in [1.807, 2.05) is 6.92 Å². The van der Waals surface area contributed by atoms with Crippen LogP contribution in [0.5, 0.6) is 0 Å². The molecular weight excluding hydrogens is 184 g/mol. The first-order chi connectivity index (χ1) is 6.00. The van der Waals surface area contributed by atoms with Gasteiger partial charge in [0.15, 0.2) is 5.17 Å². The fraction of sp³-hybridized carbons (Fsp3) is 0.556. The van der Waals surface area contributed by atoms with Crippen LogP contribution >= 0.6 is 11.8 Å². The Bertz CT molecular complexity index is 292. The van der Waals surface area contributed by atoms with E-state index in [0.717, 1.165) is 12.0 Å². The lowest BCUT2D eigenvalue weighted by Gasteiger charge is -2.06. The summed E-state index contributed by atoms with van der Waals surface area (Å²) in [4.78, 5) is 15.6. The Morgan fingerprint density at radius 2 is 2.23 bits per heavy atom. The number of nitrogens with two attached hydrogens (primary N) is 1. The summed E-state index contributed by atoms with van der Waals surface area (Å²) in [6.07, 6.45) is 0.927. The molecule has 0 saturated heterocycles. The van der Waals surface area contributed by atoms with Crippen LogP contribution in [-0.4, -0.2) is 11.1 Å². The molecule has 0 bridgehead atoms. The Balaban J connectivity index is 2.78. The zero-order valence-electron chi connectivity index (χ0n) is 8.13. The van der Waals surface area contributed by atoms with Gasteiger partial charge in [0, 0.05) is 0 Å². The van der Waals surface area contributed by atoms with Crippen molar-refractivity contribution in [1.82, 2.24) is 0 Å². The number of thioether (sulfide) groups is 1. The van der Waals surface area contributed by atoms with E-state index in [-0.39, 0.29) is 5.91 Å². The molecule has 0 aromatic heterocycles. The monoisotopic (exact) mass is 198 g/mol. The average molecular weight is 198 g/mol. The number of hydrogen-bond acceptors (Lipinski definition) is 3. The number of hydrogen-bond donors (Lipinski definition) is 1. The van der Waals surface area contributed by atoms with Crippen molar-refractivity contribution in [3.63, 3.8) is 0 Å². The Kier molecular flexibility index (Phi) is 3.14. The number of nitrogens with zero attached hydrogens (tertiary/aromatic N) is 1. The fourth-order valence-corrected chi connectivity index (χ4v) is 2.02. The predicted octanol–water partition coefficient (Wildman–Crippen LogP) is 1.89. The van der Waals surface area contributed by atoms with Crippen molar-refractivity contribution in [2.45, 2.75) is 27.2 Å². The molecule has 0 fully saturated rings. The van der Waals surface area contributed by atoms with Gasteiger partial charge in [0.25, 0.3) is 5.91 Å². The van der Waals surface area contributed by atoms with Gasteiger partial charge in [-0.05, 0) is 31.0 Å². The van der Waals surface area contributed by atoms with Crippen molar-refractivity contribution in [2.24, 2.45) is 16.6 Å². The molecule has 0 aliphatic carbocycles. The Hall–Kier alpha value is -0.770. The van der Waals surface area contributed by atoms with E-state index in [9.17, 15) is 4.79 Å². The highest BCUT2D eigenvalue weighted by Crippen LogP contribution is 2.29. The number of amides is 1. The molecule has 1 amide bonds. The van der Waals surface area contributed by atoms with Gasteiger partial charge in [-0.2, -0.15) is 4.99 Å². The van der Waals surface area contributed by atoms with Crippen LogP contribution in [0.2, 0.25) is 0 Å². The standard InChI is InChI=1S/C9H14N2OS/c1-5(2)4-6(3)7-8(12)11-9(10)13-7/h5H,4H2,1-3H3,(H2,10,11,12)/b7-6-. The van der Waals surface area contributed by atoms with Crippen LogP contribution in [0.15, 0.2) is 15.5 Å². The normalized spacial score (nSPS) is 20.9. The van der Waals surface area contributed by atoms with Gasteiger partial charge in [0.2, 0.25) is 0 Å². The first-order valence-electron chi connectivity index (χ1n) is 4.26. The van der Waals surface area contributed by atoms with Crippen molar-refractivity contribution in [1.29, 1.82) is 0 Å². The van der Waals surface area contributed by atoms with Crippen molar-refractivity contribution >= 4 is 22.8 Å². The summed E-state index contributed by atoms with van der Waals surface area (Å²) in [5.41, 5.74) is 6.53. The molecular formula is C9H14N2OS. The van der Waals surface area contributed by atoms with Crippen LogP contribution in [0.25, 0.3) is 0 Å². The SMILES string of the molecule is C/C(CC(C)C)=C1/SC(N)=NC1=O. The lowest BCUT2D eigenvalue weighted by Crippen LogP contribution is -2.01. The van der Waals surface area contributed by atoms with Crippen molar-refractivity contribution in [2.75, 3.05) is 0 Å². The van der Waals surface area contributed by atoms with E-state index in [0.29, 0.717) is 16.0 Å². The van der Waals surface area contributed by atoms with Crippen LogP contribution in [0.4, 0.5) is 0 Å². The van der Waals surface area contributed by atoms with E-state index in [2.05, 4.69) is 18.8 Å². The van der Waals surface area contributed by atoms with Gasteiger partial charge in [0.1, 0.15) is 0 Å². The number of carbonyl (C=O) groups is 1. The number of carbonyl (C=O) groups excluding carboxylic acids is 1. The van der Waals surface area contributed by atoms with Gasteiger partial charge in [-0.3, -0.25) is 4.79 Å². The van der Waals surface area contributed by atoms with Crippen LogP contribution in [-0.2, 0) is 4.79 Å². The molecule has 1 heterocycles. The summed E-state index contributed by atoms with van der Waals surface area (Å²) in [6, 6.07) is 0. The van der Waals surface area contributed by atoms with Gasteiger partial charge < -0.3 is 5.73 Å². The Labute approximate surface area is 82.5 Å². The number of rotatable bonds is 2. The Morgan fingerprint density at radius 1 is 1.62 bits per heavy atom. The predicted molar refractivity (Wildman–Crippen MR) is 56.4 cm³/mol. The number of allylic oxidation sites excluding steroid dienone is 1. The molecule has 72 valence electrons. The summed E-state index contributed by atoms with van der Waals surface area (Å²) >= 11 is 1.28. The van der Waals surface area contributed by atoms with E-state index in [1.54, 1.807) is 0 Å². The van der Waals surface area contributed by atoms with Crippen LogP contribution < -0.4 is 5.73 Å². The van der Waals surface area contributed by atoms with Crippen LogP contribution in [0, 0.1) is 5.92 Å². The smallest absolute Gasteiger partial charge is 0.286 e. The maximum Gasteiger partial charge on any atom is 0.286 e. The van der Waals surface area contributed by atoms with Crippen molar-refractivity contribution in [3.8, 4) is 0 Å². The molecule has 0 unspecified atom stereocenters. The third-order valence-electron chi connectivity index (χ3n) is 1.71. The lowest BCUT2D eigenvalue weighted by atomic mass is 10.0. The van der Waals surface area contributed by atoms with Crippen LogP contribution in [0.3, 0.4) is 0 Å². The summed E-state index contributed by atoms with van der Waals surface area (Å²) in [6.45, 7) is 6.21. The number of aliphatic imine (C=N–C) groups is 1. The second-order valence-electron chi connectivity index (χ2n) is 3.56. The third-order valence-corrected chi connectivity index (χ3v) is 2.74. The second-order valence-corrected chi connectivity index (χ2v) is 4.60. The largest absolute Gasteiger partial charge is 0.378 e. The molecule has 13 heavy (non-hydrogen) atoms. The lowest BCUT2D eigenvalue weighted by molar-refractivity contribution is -0.113. The van der Waals surface area contributed by atoms with Gasteiger partial charge in [-0.1, -0.05) is 19.4 Å². The van der Waals surface area contributed by atoms with E-state index in [4.69, 9.17) is 5.73 Å². The zero-order valence-corrected chi connectivity index (χ0v) is 8.94. The first-order valence-corrected chi connectivity index (χ1v) is 5.08. The summed E-state index contributed by atoms with van der Waals surface area (Å²) in [7, 11) is 0. The molecule has 4 heteroatoms. The molecule has 0 radical (unpaired) electrons. The first kappa shape index (κ1) is 10.3. The van der Waals surface area contributed by atoms with Crippen LogP contribution in [0.1, 0.15) is 27.2 Å². The summed E-state index contributed by atoms with van der Waals surface area (Å²) in [5.74, 6) is 0.378. The quantitative estimate of drug-likeness (QED) is 0.689. The number of amidine groups is 1. The van der Waals surface area contributed by atoms with Gasteiger partial charge >= 0.3 is 0 Å². The average Bonchev–Trinajstić information content (AvgIpc) is 2.28. The highest BCUT2D eigenvalue weighted by Gasteiger charge is 2.21. The highest BCUT2D eigenvalue weighted by atomic mass is 32.2.